The van der Waals surface area contributed by atoms with Crippen molar-refractivity contribution in [2.45, 2.75) is 25.3 Å². The van der Waals surface area contributed by atoms with Gasteiger partial charge in [-0.25, -0.2) is 9.97 Å². The van der Waals surface area contributed by atoms with Crippen LogP contribution in [0.2, 0.25) is 0 Å². The van der Waals surface area contributed by atoms with Crippen LogP contribution in [-0.2, 0) is 6.54 Å². The Kier molecular flexibility index (Phi) is 3.00. The first-order valence-electron chi connectivity index (χ1n) is 6.44. The van der Waals surface area contributed by atoms with Gasteiger partial charge in [-0.15, -0.1) is 11.3 Å². The van der Waals surface area contributed by atoms with Crippen LogP contribution < -0.4 is 5.32 Å². The molecule has 3 aromatic heterocycles. The van der Waals surface area contributed by atoms with E-state index in [1.165, 1.54) is 24.4 Å². The molecule has 0 atom stereocenters. The SMILES string of the molecule is c1csc(-c2nc(CNc3nc(C4CC4)ns3)co2)c1. The number of oxazole rings is 1. The van der Waals surface area contributed by atoms with Crippen molar-refractivity contribution < 1.29 is 4.42 Å². The van der Waals surface area contributed by atoms with Gasteiger partial charge in [0.1, 0.15) is 12.1 Å². The summed E-state index contributed by atoms with van der Waals surface area (Å²) in [4.78, 5) is 9.99. The van der Waals surface area contributed by atoms with Gasteiger partial charge in [0.15, 0.2) is 0 Å². The predicted octanol–water partition coefficient (Wildman–Crippen LogP) is 3.74. The van der Waals surface area contributed by atoms with Gasteiger partial charge in [0, 0.05) is 17.5 Å². The molecule has 1 aliphatic rings. The lowest BCUT2D eigenvalue weighted by Crippen LogP contribution is -1.99. The van der Waals surface area contributed by atoms with Crippen LogP contribution in [0.4, 0.5) is 5.13 Å². The Hall–Kier alpha value is -1.73. The maximum absolute atomic E-state index is 5.48. The molecule has 20 heavy (non-hydrogen) atoms. The largest absolute Gasteiger partial charge is 0.443 e. The molecule has 1 aliphatic carbocycles. The van der Waals surface area contributed by atoms with Gasteiger partial charge in [0.05, 0.1) is 17.1 Å². The number of rotatable bonds is 5. The maximum Gasteiger partial charge on any atom is 0.236 e. The van der Waals surface area contributed by atoms with E-state index in [2.05, 4.69) is 19.7 Å². The van der Waals surface area contributed by atoms with Crippen LogP contribution in [0.3, 0.4) is 0 Å². The first-order valence-corrected chi connectivity index (χ1v) is 8.09. The highest BCUT2D eigenvalue weighted by molar-refractivity contribution is 7.13. The summed E-state index contributed by atoms with van der Waals surface area (Å²) in [6.07, 6.45) is 4.14. The fraction of sp³-hybridized carbons (Fsp3) is 0.308. The monoisotopic (exact) mass is 304 g/mol. The molecule has 0 saturated heterocycles. The molecule has 1 N–H and O–H groups in total. The van der Waals surface area contributed by atoms with Crippen molar-refractivity contribution in [3.05, 3.63) is 35.3 Å². The lowest BCUT2D eigenvalue weighted by atomic mass is 10.4. The molecule has 7 heteroatoms. The minimum atomic E-state index is 0.597. The van der Waals surface area contributed by atoms with Crippen LogP contribution in [-0.4, -0.2) is 14.3 Å². The summed E-state index contributed by atoms with van der Waals surface area (Å²) in [5.74, 6) is 2.25. The Morgan fingerprint density at radius 3 is 3.10 bits per heavy atom. The molecule has 0 aromatic carbocycles. The Bertz CT molecular complexity index is 700. The molecular formula is C13H12N4OS2. The van der Waals surface area contributed by atoms with Gasteiger partial charge in [-0.3, -0.25) is 0 Å². The second-order valence-electron chi connectivity index (χ2n) is 4.71. The van der Waals surface area contributed by atoms with Crippen LogP contribution >= 0.6 is 22.9 Å². The Labute approximate surface area is 123 Å². The van der Waals surface area contributed by atoms with E-state index in [0.29, 0.717) is 18.4 Å². The lowest BCUT2D eigenvalue weighted by molar-refractivity contribution is 0.574. The highest BCUT2D eigenvalue weighted by Crippen LogP contribution is 2.39. The zero-order valence-corrected chi connectivity index (χ0v) is 12.2. The minimum absolute atomic E-state index is 0.597. The zero-order chi connectivity index (χ0) is 13.4. The molecule has 0 bridgehead atoms. The predicted molar refractivity (Wildman–Crippen MR) is 79.0 cm³/mol. The first-order chi connectivity index (χ1) is 9.88. The van der Waals surface area contributed by atoms with E-state index >= 15 is 0 Å². The van der Waals surface area contributed by atoms with Crippen molar-refractivity contribution in [2.75, 3.05) is 5.32 Å². The number of aromatic nitrogens is 3. The lowest BCUT2D eigenvalue weighted by Gasteiger charge is -1.96. The fourth-order valence-electron chi connectivity index (χ4n) is 1.88. The maximum atomic E-state index is 5.48. The average molecular weight is 304 g/mol. The van der Waals surface area contributed by atoms with E-state index in [1.807, 2.05) is 17.5 Å². The summed E-state index contributed by atoms with van der Waals surface area (Å²) >= 11 is 3.03. The molecule has 3 aromatic rings. The van der Waals surface area contributed by atoms with Crippen molar-refractivity contribution in [1.82, 2.24) is 14.3 Å². The standard InChI is InChI=1S/C13H12N4OS2/c1-2-10(19-5-1)12-15-9(7-18-12)6-14-13-16-11(17-20-13)8-3-4-8/h1-2,5,7-8H,3-4,6H2,(H,14,16,17). The van der Waals surface area contributed by atoms with E-state index < -0.39 is 0 Å². The number of thiophene rings is 1. The fourth-order valence-corrected chi connectivity index (χ4v) is 3.18. The van der Waals surface area contributed by atoms with Crippen molar-refractivity contribution >= 4 is 28.0 Å². The minimum Gasteiger partial charge on any atom is -0.443 e. The van der Waals surface area contributed by atoms with Gasteiger partial charge >= 0.3 is 0 Å². The first kappa shape index (κ1) is 12.0. The molecule has 1 saturated carbocycles. The molecule has 0 spiro atoms. The van der Waals surface area contributed by atoms with Gasteiger partial charge in [-0.05, 0) is 24.3 Å². The second kappa shape index (κ2) is 4.99. The third-order valence-electron chi connectivity index (χ3n) is 3.09. The van der Waals surface area contributed by atoms with Gasteiger partial charge in [-0.2, -0.15) is 4.37 Å². The summed E-state index contributed by atoms with van der Waals surface area (Å²) < 4.78 is 9.84. The number of nitrogens with zero attached hydrogens (tertiary/aromatic N) is 3. The third-order valence-corrected chi connectivity index (χ3v) is 4.63. The van der Waals surface area contributed by atoms with Crippen molar-refractivity contribution in [1.29, 1.82) is 0 Å². The van der Waals surface area contributed by atoms with Crippen LogP contribution in [0.15, 0.2) is 28.2 Å². The molecule has 0 amide bonds. The van der Waals surface area contributed by atoms with Gasteiger partial charge < -0.3 is 9.73 Å². The highest BCUT2D eigenvalue weighted by Gasteiger charge is 2.27. The van der Waals surface area contributed by atoms with Crippen molar-refractivity contribution in [3.8, 4) is 10.8 Å². The molecule has 0 aliphatic heterocycles. The second-order valence-corrected chi connectivity index (χ2v) is 6.41. The van der Waals surface area contributed by atoms with Crippen LogP contribution in [0.1, 0.15) is 30.3 Å². The summed E-state index contributed by atoms with van der Waals surface area (Å²) in [7, 11) is 0. The van der Waals surface area contributed by atoms with E-state index in [9.17, 15) is 0 Å². The van der Waals surface area contributed by atoms with E-state index in [1.54, 1.807) is 17.6 Å². The third kappa shape index (κ3) is 2.46. The molecule has 3 heterocycles. The topological polar surface area (TPSA) is 63.8 Å². The molecule has 0 unspecified atom stereocenters. The van der Waals surface area contributed by atoms with Crippen molar-refractivity contribution in [3.63, 3.8) is 0 Å². The normalized spacial score (nSPS) is 14.6. The summed E-state index contributed by atoms with van der Waals surface area (Å²) in [5.41, 5.74) is 0.872. The summed E-state index contributed by atoms with van der Waals surface area (Å²) in [6, 6.07) is 3.99. The summed E-state index contributed by atoms with van der Waals surface area (Å²) in [5, 5.41) is 6.11. The van der Waals surface area contributed by atoms with Gasteiger partial charge in [0.2, 0.25) is 11.0 Å². The molecule has 4 rings (SSSR count). The molecule has 5 nitrogen and oxygen atoms in total. The Morgan fingerprint density at radius 2 is 2.30 bits per heavy atom. The molecule has 1 fully saturated rings. The summed E-state index contributed by atoms with van der Waals surface area (Å²) in [6.45, 7) is 0.605. The number of nitrogens with one attached hydrogen (secondary N) is 1. The number of hydrogen-bond acceptors (Lipinski definition) is 7. The van der Waals surface area contributed by atoms with Gasteiger partial charge in [-0.1, -0.05) is 6.07 Å². The van der Waals surface area contributed by atoms with E-state index in [0.717, 1.165) is 21.5 Å². The Morgan fingerprint density at radius 1 is 1.35 bits per heavy atom. The molecule has 102 valence electrons. The quantitative estimate of drug-likeness (QED) is 0.778. The zero-order valence-electron chi connectivity index (χ0n) is 10.6. The Balaban J connectivity index is 1.41. The highest BCUT2D eigenvalue weighted by atomic mass is 32.1. The number of anilines is 1. The van der Waals surface area contributed by atoms with E-state index in [4.69, 9.17) is 4.42 Å². The van der Waals surface area contributed by atoms with Crippen LogP contribution in [0, 0.1) is 0 Å². The van der Waals surface area contributed by atoms with Gasteiger partial charge in [0.25, 0.3) is 0 Å². The average Bonchev–Trinajstić information content (AvgIpc) is 2.93. The molecule has 0 radical (unpaired) electrons. The number of hydrogen-bond donors (Lipinski definition) is 1. The van der Waals surface area contributed by atoms with E-state index in [-0.39, 0.29) is 0 Å². The van der Waals surface area contributed by atoms with Crippen molar-refractivity contribution in [2.24, 2.45) is 0 Å². The molecular weight excluding hydrogens is 292 g/mol. The van der Waals surface area contributed by atoms with Crippen LogP contribution in [0.25, 0.3) is 10.8 Å². The van der Waals surface area contributed by atoms with Crippen LogP contribution in [0.5, 0.6) is 0 Å². The smallest absolute Gasteiger partial charge is 0.236 e.